The number of aryl methyl sites for hydroxylation is 1. The Morgan fingerprint density at radius 1 is 1.22 bits per heavy atom. The summed E-state index contributed by atoms with van der Waals surface area (Å²) >= 11 is 0. The van der Waals surface area contributed by atoms with Crippen LogP contribution in [0, 0.1) is 0 Å². The molecule has 0 aliphatic heterocycles. The molecule has 18 heavy (non-hydrogen) atoms. The van der Waals surface area contributed by atoms with E-state index in [4.69, 9.17) is 0 Å². The number of benzene rings is 1. The van der Waals surface area contributed by atoms with E-state index in [2.05, 4.69) is 0 Å². The van der Waals surface area contributed by atoms with E-state index in [1.807, 2.05) is 6.07 Å². The van der Waals surface area contributed by atoms with Crippen LogP contribution in [-0.2, 0) is 6.54 Å². The lowest BCUT2D eigenvalue weighted by Gasteiger charge is -2.08. The summed E-state index contributed by atoms with van der Waals surface area (Å²) in [7, 11) is 0. The third-order valence-corrected chi connectivity index (χ3v) is 2.79. The van der Waals surface area contributed by atoms with Gasteiger partial charge in [-0.3, -0.25) is 4.79 Å². The lowest BCUT2D eigenvalue weighted by molar-refractivity contribution is -0.135. The van der Waals surface area contributed by atoms with Crippen molar-refractivity contribution in [3.63, 3.8) is 0 Å². The minimum Gasteiger partial charge on any atom is -0.347 e. The molecule has 2 rings (SSSR count). The molecule has 0 aliphatic carbocycles. The summed E-state index contributed by atoms with van der Waals surface area (Å²) in [5.41, 5.74) is 1.32. The standard InChI is InChI=1S/C13H12F3NO/c14-13(15,16)5-1-6-17-7-4-11-3-2-10(9-18)8-12(11)17/h2-4,7-9H,1,5-6H2. The van der Waals surface area contributed by atoms with Gasteiger partial charge >= 0.3 is 6.18 Å². The number of hydrogen-bond acceptors (Lipinski definition) is 1. The summed E-state index contributed by atoms with van der Waals surface area (Å²) < 4.78 is 37.9. The van der Waals surface area contributed by atoms with Gasteiger partial charge in [-0.25, -0.2) is 0 Å². The van der Waals surface area contributed by atoms with Crippen molar-refractivity contribution in [1.82, 2.24) is 4.57 Å². The highest BCUT2D eigenvalue weighted by Gasteiger charge is 2.26. The van der Waals surface area contributed by atoms with E-state index >= 15 is 0 Å². The molecule has 1 aromatic carbocycles. The molecule has 5 heteroatoms. The fourth-order valence-corrected chi connectivity index (χ4v) is 1.92. The second-order valence-corrected chi connectivity index (χ2v) is 4.16. The van der Waals surface area contributed by atoms with Gasteiger partial charge in [0, 0.05) is 30.2 Å². The smallest absolute Gasteiger partial charge is 0.347 e. The summed E-state index contributed by atoms with van der Waals surface area (Å²) in [4.78, 5) is 10.7. The van der Waals surface area contributed by atoms with Gasteiger partial charge < -0.3 is 4.57 Å². The molecule has 0 aliphatic rings. The third-order valence-electron chi connectivity index (χ3n) is 2.79. The van der Waals surface area contributed by atoms with Crippen LogP contribution < -0.4 is 0 Å². The van der Waals surface area contributed by atoms with Crippen LogP contribution in [0.2, 0.25) is 0 Å². The van der Waals surface area contributed by atoms with E-state index in [1.165, 1.54) is 0 Å². The SMILES string of the molecule is O=Cc1ccc2ccn(CCCC(F)(F)F)c2c1. The Balaban J connectivity index is 2.15. The molecule has 0 atom stereocenters. The van der Waals surface area contributed by atoms with Crippen LogP contribution in [0.3, 0.4) is 0 Å². The Morgan fingerprint density at radius 2 is 2.00 bits per heavy atom. The number of aromatic nitrogens is 1. The Morgan fingerprint density at radius 3 is 2.67 bits per heavy atom. The van der Waals surface area contributed by atoms with Crippen molar-refractivity contribution in [1.29, 1.82) is 0 Å². The molecule has 1 aromatic heterocycles. The molecule has 0 saturated carbocycles. The third kappa shape index (κ3) is 2.91. The Bertz CT molecular complexity index is 557. The molecule has 0 radical (unpaired) electrons. The lowest BCUT2D eigenvalue weighted by atomic mass is 10.2. The molecule has 0 N–H and O–H groups in total. The van der Waals surface area contributed by atoms with E-state index in [0.717, 1.165) is 17.2 Å². The number of rotatable bonds is 4. The fraction of sp³-hybridized carbons (Fsp3) is 0.308. The average Bonchev–Trinajstić information content (AvgIpc) is 2.70. The number of carbonyl (C=O) groups is 1. The number of carbonyl (C=O) groups excluding carboxylic acids is 1. The average molecular weight is 255 g/mol. The highest BCUT2D eigenvalue weighted by molar-refractivity contribution is 5.87. The summed E-state index contributed by atoms with van der Waals surface area (Å²) in [6.45, 7) is 0.297. The molecule has 0 amide bonds. The van der Waals surface area contributed by atoms with Gasteiger partial charge in [0.25, 0.3) is 0 Å². The fourth-order valence-electron chi connectivity index (χ4n) is 1.92. The normalized spacial score (nSPS) is 11.9. The van der Waals surface area contributed by atoms with Gasteiger partial charge in [-0.2, -0.15) is 13.2 Å². The summed E-state index contributed by atoms with van der Waals surface area (Å²) in [5.74, 6) is 0. The number of aldehydes is 1. The van der Waals surface area contributed by atoms with Gasteiger partial charge in [-0.15, -0.1) is 0 Å². The minimum atomic E-state index is -4.11. The minimum absolute atomic E-state index is 0.0403. The topological polar surface area (TPSA) is 22.0 Å². The van der Waals surface area contributed by atoms with Crippen LogP contribution in [0.4, 0.5) is 13.2 Å². The zero-order valence-corrected chi connectivity index (χ0v) is 9.57. The molecule has 96 valence electrons. The van der Waals surface area contributed by atoms with E-state index in [-0.39, 0.29) is 6.42 Å². The first-order valence-electron chi connectivity index (χ1n) is 5.60. The van der Waals surface area contributed by atoms with E-state index in [9.17, 15) is 18.0 Å². The van der Waals surface area contributed by atoms with Gasteiger partial charge in [0.15, 0.2) is 0 Å². The second-order valence-electron chi connectivity index (χ2n) is 4.16. The maximum absolute atomic E-state index is 12.1. The lowest BCUT2D eigenvalue weighted by Crippen LogP contribution is -2.08. The van der Waals surface area contributed by atoms with Crippen molar-refractivity contribution in [2.24, 2.45) is 0 Å². The molecule has 1 heterocycles. The van der Waals surface area contributed by atoms with Crippen molar-refractivity contribution in [3.05, 3.63) is 36.0 Å². The second kappa shape index (κ2) is 4.84. The molecule has 2 aromatic rings. The van der Waals surface area contributed by atoms with Crippen molar-refractivity contribution < 1.29 is 18.0 Å². The molecule has 0 unspecified atom stereocenters. The molecular weight excluding hydrogens is 243 g/mol. The summed E-state index contributed by atoms with van der Waals surface area (Å²) in [6.07, 6.45) is -2.39. The molecule has 2 nitrogen and oxygen atoms in total. The van der Waals surface area contributed by atoms with Gasteiger partial charge in [0.2, 0.25) is 0 Å². The molecule has 0 fully saturated rings. The van der Waals surface area contributed by atoms with Gasteiger partial charge in [0.1, 0.15) is 6.29 Å². The first kappa shape index (κ1) is 12.7. The number of hydrogen-bond donors (Lipinski definition) is 0. The van der Waals surface area contributed by atoms with E-state index < -0.39 is 12.6 Å². The Kier molecular flexibility index (Phi) is 3.41. The number of nitrogens with zero attached hydrogens (tertiary/aromatic N) is 1. The zero-order chi connectivity index (χ0) is 13.2. The number of fused-ring (bicyclic) bond motifs is 1. The van der Waals surface area contributed by atoms with Crippen LogP contribution in [0.15, 0.2) is 30.5 Å². The largest absolute Gasteiger partial charge is 0.389 e. The molecular formula is C13H12F3NO. The number of halogens is 3. The van der Waals surface area contributed by atoms with Crippen molar-refractivity contribution in [2.75, 3.05) is 0 Å². The first-order valence-corrected chi connectivity index (χ1v) is 5.60. The van der Waals surface area contributed by atoms with Crippen molar-refractivity contribution >= 4 is 17.2 Å². The van der Waals surface area contributed by atoms with Crippen molar-refractivity contribution in [2.45, 2.75) is 25.6 Å². The highest BCUT2D eigenvalue weighted by Crippen LogP contribution is 2.23. The molecule has 0 spiro atoms. The van der Waals surface area contributed by atoms with Crippen LogP contribution in [0.25, 0.3) is 10.9 Å². The van der Waals surface area contributed by atoms with E-state index in [1.54, 1.807) is 29.0 Å². The van der Waals surface area contributed by atoms with Crippen LogP contribution in [-0.4, -0.2) is 17.0 Å². The van der Waals surface area contributed by atoms with Crippen LogP contribution in [0.5, 0.6) is 0 Å². The molecule has 0 saturated heterocycles. The maximum Gasteiger partial charge on any atom is 0.389 e. The highest BCUT2D eigenvalue weighted by atomic mass is 19.4. The predicted molar refractivity (Wildman–Crippen MR) is 62.6 cm³/mol. The van der Waals surface area contributed by atoms with Gasteiger partial charge in [-0.1, -0.05) is 12.1 Å². The monoisotopic (exact) mass is 255 g/mol. The predicted octanol–water partition coefficient (Wildman–Crippen LogP) is 3.80. The maximum atomic E-state index is 12.1. The van der Waals surface area contributed by atoms with Crippen LogP contribution in [0.1, 0.15) is 23.2 Å². The zero-order valence-electron chi connectivity index (χ0n) is 9.57. The Labute approximate surface area is 102 Å². The van der Waals surface area contributed by atoms with Gasteiger partial charge in [0.05, 0.1) is 0 Å². The molecule has 0 bridgehead atoms. The Hall–Kier alpha value is -1.78. The van der Waals surface area contributed by atoms with Crippen LogP contribution >= 0.6 is 0 Å². The van der Waals surface area contributed by atoms with Gasteiger partial charge in [-0.05, 0) is 23.9 Å². The summed E-state index contributed by atoms with van der Waals surface area (Å²) in [6, 6.07) is 7.00. The van der Waals surface area contributed by atoms with E-state index in [0.29, 0.717) is 12.1 Å². The summed E-state index contributed by atoms with van der Waals surface area (Å²) in [5, 5.41) is 0.924. The number of alkyl halides is 3. The van der Waals surface area contributed by atoms with Crippen molar-refractivity contribution in [3.8, 4) is 0 Å². The first-order chi connectivity index (χ1) is 8.49. The quantitative estimate of drug-likeness (QED) is 0.762.